The van der Waals surface area contributed by atoms with Crippen LogP contribution in [0.4, 0.5) is 0 Å². The average molecular weight is 390 g/mol. The normalized spacial score (nSPS) is 14.5. The number of aromatic nitrogens is 2. The fraction of sp³-hybridized carbons (Fsp3) is 0.0909. The van der Waals surface area contributed by atoms with Crippen molar-refractivity contribution in [2.45, 2.75) is 13.5 Å². The van der Waals surface area contributed by atoms with Gasteiger partial charge in [-0.1, -0.05) is 35.9 Å². The first-order valence-corrected chi connectivity index (χ1v) is 9.41. The van der Waals surface area contributed by atoms with Crippen molar-refractivity contribution in [3.63, 3.8) is 0 Å². The molecule has 2 amide bonds. The van der Waals surface area contributed by atoms with Gasteiger partial charge in [0, 0.05) is 56.9 Å². The molecule has 0 bridgehead atoms. The van der Waals surface area contributed by atoms with Crippen molar-refractivity contribution in [3.8, 4) is 0 Å². The highest BCUT2D eigenvalue weighted by Gasteiger charge is 2.34. The van der Waals surface area contributed by atoms with Crippen molar-refractivity contribution in [2.75, 3.05) is 0 Å². The average Bonchev–Trinajstić information content (AvgIpc) is 3.34. The Bertz CT molecular complexity index is 1330. The summed E-state index contributed by atoms with van der Waals surface area (Å²) >= 11 is 6.08. The monoisotopic (exact) mass is 389 g/mol. The lowest BCUT2D eigenvalue weighted by molar-refractivity contribution is -0.122. The Morgan fingerprint density at radius 2 is 1.71 bits per heavy atom. The number of H-pyrrole nitrogens is 1. The van der Waals surface area contributed by atoms with Gasteiger partial charge in [0.1, 0.15) is 0 Å². The summed E-state index contributed by atoms with van der Waals surface area (Å²) in [5.41, 5.74) is 4.10. The fourth-order valence-electron chi connectivity index (χ4n) is 3.98. The van der Waals surface area contributed by atoms with E-state index in [-0.39, 0.29) is 11.8 Å². The van der Waals surface area contributed by atoms with Gasteiger partial charge in [-0.2, -0.15) is 0 Å². The van der Waals surface area contributed by atoms with E-state index in [1.165, 1.54) is 0 Å². The molecule has 0 fully saturated rings. The second-order valence-electron chi connectivity index (χ2n) is 6.77. The Hall–Kier alpha value is -3.31. The van der Waals surface area contributed by atoms with Crippen LogP contribution in [0.5, 0.6) is 0 Å². The molecule has 4 aromatic rings. The molecule has 28 heavy (non-hydrogen) atoms. The zero-order valence-electron chi connectivity index (χ0n) is 15.0. The van der Waals surface area contributed by atoms with E-state index in [1.54, 1.807) is 18.3 Å². The van der Waals surface area contributed by atoms with Crippen molar-refractivity contribution in [3.05, 3.63) is 71.0 Å². The lowest BCUT2D eigenvalue weighted by atomic mass is 9.95. The summed E-state index contributed by atoms with van der Waals surface area (Å²) in [6, 6.07) is 13.3. The number of halogens is 1. The van der Waals surface area contributed by atoms with E-state index in [0.29, 0.717) is 21.7 Å². The number of carbonyl (C=O) groups excluding carboxylic acids is 2. The van der Waals surface area contributed by atoms with Crippen molar-refractivity contribution < 1.29 is 9.59 Å². The Labute approximate surface area is 165 Å². The van der Waals surface area contributed by atoms with Crippen LogP contribution >= 0.6 is 11.6 Å². The summed E-state index contributed by atoms with van der Waals surface area (Å²) in [7, 11) is 0. The number of aromatic amines is 1. The molecule has 5 rings (SSSR count). The molecule has 0 aliphatic carbocycles. The van der Waals surface area contributed by atoms with Gasteiger partial charge in [-0.15, -0.1) is 0 Å². The van der Waals surface area contributed by atoms with E-state index >= 15 is 0 Å². The number of nitrogens with zero attached hydrogens (tertiary/aromatic N) is 1. The smallest absolute Gasteiger partial charge is 0.259 e. The van der Waals surface area contributed by atoms with Gasteiger partial charge in [0.05, 0.1) is 11.1 Å². The molecule has 0 saturated carbocycles. The van der Waals surface area contributed by atoms with Crippen LogP contribution in [-0.4, -0.2) is 21.4 Å². The molecule has 2 aromatic carbocycles. The van der Waals surface area contributed by atoms with Crippen LogP contribution in [0.3, 0.4) is 0 Å². The number of carbonyl (C=O) groups is 2. The summed E-state index contributed by atoms with van der Waals surface area (Å²) < 4.78 is 2.08. The molecular formula is C22H16ClN3O2. The van der Waals surface area contributed by atoms with E-state index in [0.717, 1.165) is 33.9 Å². The molecular weight excluding hydrogens is 374 g/mol. The van der Waals surface area contributed by atoms with Crippen molar-refractivity contribution in [1.29, 1.82) is 0 Å². The third-order valence-electron chi connectivity index (χ3n) is 5.24. The Morgan fingerprint density at radius 3 is 2.50 bits per heavy atom. The minimum absolute atomic E-state index is 0.373. The van der Waals surface area contributed by atoms with Gasteiger partial charge in [0.15, 0.2) is 0 Å². The highest BCUT2D eigenvalue weighted by molar-refractivity contribution is 6.50. The highest BCUT2D eigenvalue weighted by atomic mass is 35.5. The highest BCUT2D eigenvalue weighted by Crippen LogP contribution is 2.38. The van der Waals surface area contributed by atoms with Crippen LogP contribution in [0.1, 0.15) is 18.1 Å². The third-order valence-corrected chi connectivity index (χ3v) is 5.48. The van der Waals surface area contributed by atoms with E-state index in [4.69, 9.17) is 11.6 Å². The summed E-state index contributed by atoms with van der Waals surface area (Å²) in [6.45, 7) is 2.82. The van der Waals surface area contributed by atoms with E-state index < -0.39 is 0 Å². The molecule has 0 atom stereocenters. The molecule has 5 nitrogen and oxygen atoms in total. The number of rotatable bonds is 3. The number of amides is 2. The van der Waals surface area contributed by atoms with E-state index in [2.05, 4.69) is 21.8 Å². The van der Waals surface area contributed by atoms with Crippen LogP contribution in [-0.2, 0) is 16.1 Å². The molecule has 138 valence electrons. The minimum Gasteiger partial charge on any atom is -0.360 e. The van der Waals surface area contributed by atoms with Crippen molar-refractivity contribution >= 4 is 56.4 Å². The molecule has 0 saturated heterocycles. The number of nitrogens with one attached hydrogen (secondary N) is 2. The fourth-order valence-corrected chi connectivity index (χ4v) is 4.15. The van der Waals surface area contributed by atoms with Crippen molar-refractivity contribution in [1.82, 2.24) is 14.9 Å². The largest absolute Gasteiger partial charge is 0.360 e. The van der Waals surface area contributed by atoms with Gasteiger partial charge < -0.3 is 9.55 Å². The number of aryl methyl sites for hydroxylation is 1. The van der Waals surface area contributed by atoms with Crippen LogP contribution < -0.4 is 5.32 Å². The van der Waals surface area contributed by atoms with Gasteiger partial charge >= 0.3 is 0 Å². The third kappa shape index (κ3) is 2.33. The van der Waals surface area contributed by atoms with Gasteiger partial charge in [-0.25, -0.2) is 0 Å². The molecule has 6 heteroatoms. The van der Waals surface area contributed by atoms with Gasteiger partial charge in [-0.05, 0) is 25.1 Å². The van der Waals surface area contributed by atoms with Crippen LogP contribution in [0, 0.1) is 0 Å². The van der Waals surface area contributed by atoms with E-state index in [9.17, 15) is 9.59 Å². The number of hydrogen-bond acceptors (Lipinski definition) is 2. The number of imide groups is 1. The molecule has 3 heterocycles. The predicted octanol–water partition coefficient (Wildman–Crippen LogP) is 4.36. The summed E-state index contributed by atoms with van der Waals surface area (Å²) in [4.78, 5) is 28.7. The van der Waals surface area contributed by atoms with Gasteiger partial charge in [-0.3, -0.25) is 14.9 Å². The number of benzene rings is 2. The summed E-state index contributed by atoms with van der Waals surface area (Å²) in [6.07, 6.45) is 3.71. The lowest BCUT2D eigenvalue weighted by Crippen LogP contribution is -2.22. The van der Waals surface area contributed by atoms with Crippen LogP contribution in [0.15, 0.2) is 54.9 Å². The molecule has 0 radical (unpaired) electrons. The zero-order chi connectivity index (χ0) is 19.4. The Balaban J connectivity index is 1.84. The molecule has 2 aromatic heterocycles. The SMILES string of the molecule is CCn1cc(C2=C(c3c[nH]c4cc(Cl)ccc34)C(=O)NC2=O)c2ccccc21. The first-order chi connectivity index (χ1) is 13.6. The number of hydrogen-bond donors (Lipinski definition) is 2. The van der Waals surface area contributed by atoms with Crippen LogP contribution in [0.2, 0.25) is 5.02 Å². The van der Waals surface area contributed by atoms with E-state index in [1.807, 2.05) is 36.5 Å². The molecule has 0 spiro atoms. The molecule has 2 N–H and O–H groups in total. The van der Waals surface area contributed by atoms with Crippen LogP contribution in [0.25, 0.3) is 33.0 Å². The quantitative estimate of drug-likeness (QED) is 0.511. The second kappa shape index (κ2) is 6.11. The predicted molar refractivity (Wildman–Crippen MR) is 111 cm³/mol. The molecule has 1 aliphatic rings. The Morgan fingerprint density at radius 1 is 0.964 bits per heavy atom. The standard InChI is InChI=1S/C22H16ClN3O2/c1-2-26-11-16(14-5-3-4-6-18(14)26)20-19(21(27)25-22(20)28)15-10-24-17-9-12(23)7-8-13(15)17/h3-11,24H,2H2,1H3,(H,25,27,28). The van der Waals surface area contributed by atoms with Crippen molar-refractivity contribution in [2.24, 2.45) is 0 Å². The lowest BCUT2D eigenvalue weighted by Gasteiger charge is -2.03. The topological polar surface area (TPSA) is 66.9 Å². The molecule has 0 unspecified atom stereocenters. The first-order valence-electron chi connectivity index (χ1n) is 9.03. The van der Waals surface area contributed by atoms with Gasteiger partial charge in [0.25, 0.3) is 11.8 Å². The maximum Gasteiger partial charge on any atom is 0.259 e. The Kier molecular flexibility index (Phi) is 3.67. The minimum atomic E-state index is -0.385. The summed E-state index contributed by atoms with van der Waals surface area (Å²) in [5, 5.41) is 4.87. The van der Waals surface area contributed by atoms with Gasteiger partial charge in [0.2, 0.25) is 0 Å². The maximum atomic E-state index is 12.8. The summed E-state index contributed by atoms with van der Waals surface area (Å²) in [5.74, 6) is -0.758. The number of para-hydroxylation sites is 1. The first kappa shape index (κ1) is 16.8. The zero-order valence-corrected chi connectivity index (χ0v) is 15.8. The second-order valence-corrected chi connectivity index (χ2v) is 7.21. The number of fused-ring (bicyclic) bond motifs is 2. The maximum absolute atomic E-state index is 12.8. The molecule has 1 aliphatic heterocycles.